The number of amides is 2. The maximum Gasteiger partial charge on any atom is 0.248 e. The van der Waals surface area contributed by atoms with Gasteiger partial charge < -0.3 is 11.1 Å². The van der Waals surface area contributed by atoms with Crippen LogP contribution < -0.4 is 11.1 Å². The number of primary amides is 1. The van der Waals surface area contributed by atoms with Gasteiger partial charge in [0, 0.05) is 12.1 Å². The summed E-state index contributed by atoms with van der Waals surface area (Å²) in [6.45, 7) is 2.37. The molecule has 2 aromatic carbocycles. The standard InChI is InChI=1S/C18H20N2O2/c1-2-16(14-8-4-3-5-9-14)18(22)20-12-13-7-6-10-15(11-13)17(19)21/h3-11,16H,2,12H2,1H3,(H2,19,21)(H,20,22)/t16-/m0/s1. The van der Waals surface area contributed by atoms with E-state index < -0.39 is 5.91 Å². The molecule has 2 aromatic rings. The van der Waals surface area contributed by atoms with Gasteiger partial charge in [0.25, 0.3) is 0 Å². The second-order valence-electron chi connectivity index (χ2n) is 5.15. The Morgan fingerprint density at radius 2 is 1.82 bits per heavy atom. The van der Waals surface area contributed by atoms with E-state index in [2.05, 4.69) is 5.32 Å². The van der Waals surface area contributed by atoms with Crippen LogP contribution in [0, 0.1) is 0 Å². The first kappa shape index (κ1) is 15.8. The predicted molar refractivity (Wildman–Crippen MR) is 86.3 cm³/mol. The number of carbonyl (C=O) groups excluding carboxylic acids is 2. The highest BCUT2D eigenvalue weighted by atomic mass is 16.2. The van der Waals surface area contributed by atoms with E-state index in [0.717, 1.165) is 17.5 Å². The average molecular weight is 296 g/mol. The number of rotatable bonds is 6. The summed E-state index contributed by atoms with van der Waals surface area (Å²) >= 11 is 0. The lowest BCUT2D eigenvalue weighted by atomic mass is 9.95. The van der Waals surface area contributed by atoms with Crippen LogP contribution in [0.25, 0.3) is 0 Å². The van der Waals surface area contributed by atoms with Crippen molar-refractivity contribution in [3.8, 4) is 0 Å². The third kappa shape index (κ3) is 3.95. The van der Waals surface area contributed by atoms with E-state index in [-0.39, 0.29) is 11.8 Å². The van der Waals surface area contributed by atoms with Crippen LogP contribution in [0.1, 0.15) is 40.7 Å². The minimum Gasteiger partial charge on any atom is -0.366 e. The molecule has 0 heterocycles. The summed E-state index contributed by atoms with van der Waals surface area (Å²) in [6.07, 6.45) is 0.733. The maximum atomic E-state index is 12.4. The van der Waals surface area contributed by atoms with Gasteiger partial charge in [0.15, 0.2) is 0 Å². The van der Waals surface area contributed by atoms with Crippen molar-refractivity contribution in [3.63, 3.8) is 0 Å². The monoisotopic (exact) mass is 296 g/mol. The minimum absolute atomic E-state index is 0.0156. The quantitative estimate of drug-likeness (QED) is 0.860. The smallest absolute Gasteiger partial charge is 0.248 e. The number of nitrogens with one attached hydrogen (secondary N) is 1. The highest BCUT2D eigenvalue weighted by Gasteiger charge is 2.17. The topological polar surface area (TPSA) is 72.2 Å². The van der Waals surface area contributed by atoms with Gasteiger partial charge in [0.05, 0.1) is 5.92 Å². The molecule has 0 aliphatic carbocycles. The van der Waals surface area contributed by atoms with Gasteiger partial charge in [-0.3, -0.25) is 9.59 Å². The van der Waals surface area contributed by atoms with Crippen LogP contribution in [0.2, 0.25) is 0 Å². The minimum atomic E-state index is -0.469. The van der Waals surface area contributed by atoms with Crippen LogP contribution in [0.3, 0.4) is 0 Å². The first-order valence-corrected chi connectivity index (χ1v) is 7.33. The lowest BCUT2D eigenvalue weighted by molar-refractivity contribution is -0.122. The third-order valence-corrected chi connectivity index (χ3v) is 3.60. The summed E-state index contributed by atoms with van der Waals surface area (Å²) in [5, 5.41) is 2.92. The zero-order valence-electron chi connectivity index (χ0n) is 12.6. The molecule has 0 saturated carbocycles. The largest absolute Gasteiger partial charge is 0.366 e. The van der Waals surface area contributed by atoms with Crippen molar-refractivity contribution in [3.05, 3.63) is 71.3 Å². The molecule has 0 aromatic heterocycles. The van der Waals surface area contributed by atoms with E-state index in [4.69, 9.17) is 5.73 Å². The molecule has 3 N–H and O–H groups in total. The van der Waals surface area contributed by atoms with Crippen molar-refractivity contribution >= 4 is 11.8 Å². The van der Waals surface area contributed by atoms with Gasteiger partial charge in [-0.15, -0.1) is 0 Å². The van der Waals surface area contributed by atoms with Gasteiger partial charge in [0.2, 0.25) is 11.8 Å². The molecule has 2 rings (SSSR count). The summed E-state index contributed by atoms with van der Waals surface area (Å²) in [5.41, 5.74) is 7.57. The molecule has 114 valence electrons. The van der Waals surface area contributed by atoms with Crippen LogP contribution in [-0.4, -0.2) is 11.8 Å². The number of benzene rings is 2. The Labute approximate surface area is 130 Å². The fraction of sp³-hybridized carbons (Fsp3) is 0.222. The predicted octanol–water partition coefficient (Wildman–Crippen LogP) is 2.60. The Hall–Kier alpha value is -2.62. The van der Waals surface area contributed by atoms with E-state index >= 15 is 0 Å². The Kier molecular flexibility index (Phi) is 5.31. The lowest BCUT2D eigenvalue weighted by Gasteiger charge is -2.15. The molecule has 4 nitrogen and oxygen atoms in total. The molecule has 1 atom stereocenters. The molecule has 4 heteroatoms. The normalized spacial score (nSPS) is 11.7. The molecule has 22 heavy (non-hydrogen) atoms. The molecule has 2 amide bonds. The van der Waals surface area contributed by atoms with E-state index in [0.29, 0.717) is 12.1 Å². The lowest BCUT2D eigenvalue weighted by Crippen LogP contribution is -2.28. The van der Waals surface area contributed by atoms with E-state index in [1.165, 1.54) is 0 Å². The van der Waals surface area contributed by atoms with Crippen molar-refractivity contribution < 1.29 is 9.59 Å². The van der Waals surface area contributed by atoms with Crippen molar-refractivity contribution in [2.75, 3.05) is 0 Å². The molecular weight excluding hydrogens is 276 g/mol. The number of carbonyl (C=O) groups is 2. The van der Waals surface area contributed by atoms with Gasteiger partial charge >= 0.3 is 0 Å². The van der Waals surface area contributed by atoms with Crippen LogP contribution >= 0.6 is 0 Å². The molecule has 0 radical (unpaired) electrons. The second-order valence-corrected chi connectivity index (χ2v) is 5.15. The molecule has 0 aliphatic rings. The fourth-order valence-electron chi connectivity index (χ4n) is 2.40. The SMILES string of the molecule is CC[C@H](C(=O)NCc1cccc(C(N)=O)c1)c1ccccc1. The molecular formula is C18H20N2O2. The summed E-state index contributed by atoms with van der Waals surface area (Å²) in [6, 6.07) is 16.7. The molecule has 0 fully saturated rings. The Bertz CT molecular complexity index is 653. The van der Waals surface area contributed by atoms with Crippen LogP contribution in [0.5, 0.6) is 0 Å². The Balaban J connectivity index is 2.03. The van der Waals surface area contributed by atoms with Crippen molar-refractivity contribution in [2.24, 2.45) is 5.73 Å². The fourth-order valence-corrected chi connectivity index (χ4v) is 2.40. The van der Waals surface area contributed by atoms with Crippen LogP contribution in [0.4, 0.5) is 0 Å². The van der Waals surface area contributed by atoms with Gasteiger partial charge in [-0.25, -0.2) is 0 Å². The summed E-state index contributed by atoms with van der Waals surface area (Å²) < 4.78 is 0. The molecule has 0 unspecified atom stereocenters. The Morgan fingerprint density at radius 3 is 2.45 bits per heavy atom. The van der Waals surface area contributed by atoms with E-state index in [1.54, 1.807) is 18.2 Å². The van der Waals surface area contributed by atoms with Gasteiger partial charge in [-0.05, 0) is 29.7 Å². The van der Waals surface area contributed by atoms with Crippen LogP contribution in [-0.2, 0) is 11.3 Å². The van der Waals surface area contributed by atoms with Crippen molar-refractivity contribution in [1.82, 2.24) is 5.32 Å². The van der Waals surface area contributed by atoms with Crippen LogP contribution in [0.15, 0.2) is 54.6 Å². The zero-order chi connectivity index (χ0) is 15.9. The third-order valence-electron chi connectivity index (χ3n) is 3.60. The maximum absolute atomic E-state index is 12.4. The number of hydrogen-bond donors (Lipinski definition) is 2. The summed E-state index contributed by atoms with van der Waals surface area (Å²) in [7, 11) is 0. The highest BCUT2D eigenvalue weighted by Crippen LogP contribution is 2.19. The molecule has 0 aliphatic heterocycles. The van der Waals surface area contributed by atoms with E-state index in [1.807, 2.05) is 43.3 Å². The molecule has 0 spiro atoms. The first-order chi connectivity index (χ1) is 10.6. The van der Waals surface area contributed by atoms with E-state index in [9.17, 15) is 9.59 Å². The van der Waals surface area contributed by atoms with Crippen molar-refractivity contribution in [2.45, 2.75) is 25.8 Å². The Morgan fingerprint density at radius 1 is 1.09 bits per heavy atom. The van der Waals surface area contributed by atoms with Gasteiger partial charge in [0.1, 0.15) is 0 Å². The summed E-state index contributed by atoms with van der Waals surface area (Å²) in [5.74, 6) is -0.650. The summed E-state index contributed by atoms with van der Waals surface area (Å²) in [4.78, 5) is 23.5. The zero-order valence-corrected chi connectivity index (χ0v) is 12.6. The second kappa shape index (κ2) is 7.41. The molecule has 0 saturated heterocycles. The van der Waals surface area contributed by atoms with Crippen molar-refractivity contribution in [1.29, 1.82) is 0 Å². The molecule has 0 bridgehead atoms. The number of hydrogen-bond acceptors (Lipinski definition) is 2. The highest BCUT2D eigenvalue weighted by molar-refractivity contribution is 5.92. The number of nitrogens with two attached hydrogens (primary N) is 1. The first-order valence-electron chi connectivity index (χ1n) is 7.33. The average Bonchev–Trinajstić information content (AvgIpc) is 2.55. The van der Waals surface area contributed by atoms with Gasteiger partial charge in [-0.2, -0.15) is 0 Å². The van der Waals surface area contributed by atoms with Gasteiger partial charge in [-0.1, -0.05) is 49.4 Å².